The van der Waals surface area contributed by atoms with E-state index in [-0.39, 0.29) is 29.3 Å². The molecule has 5 aromatic rings. The quantitative estimate of drug-likeness (QED) is 0.164. The maximum atomic E-state index is 14.3. The van der Waals surface area contributed by atoms with Crippen molar-refractivity contribution in [3.63, 3.8) is 0 Å². The Balaban J connectivity index is 1.42. The van der Waals surface area contributed by atoms with Crippen molar-refractivity contribution in [1.82, 2.24) is 35.2 Å². The standard InChI is InChI=1S/C23H18ClFN9O2/c24-14-1-3-18(33-11-28-31-32-33)16(8-14)13-7-12-5-6-23(35,20(12)34(36)10-13)22-27-9-17(29-22)15-2-4-19(26)30-21(15)25/h1-4,7-11,35-36H,5-6H2,(H2,26,30)(H,27,29)/q+1. The smallest absolute Gasteiger partial charge is 0.276 e. The highest BCUT2D eigenvalue weighted by Crippen LogP contribution is 2.41. The van der Waals surface area contributed by atoms with E-state index in [0.717, 1.165) is 4.73 Å². The molecule has 6 rings (SSSR count). The summed E-state index contributed by atoms with van der Waals surface area (Å²) < 4.78 is 16.7. The number of hydrogen-bond donors (Lipinski definition) is 4. The van der Waals surface area contributed by atoms with Crippen molar-refractivity contribution in [1.29, 1.82) is 0 Å². The van der Waals surface area contributed by atoms with Gasteiger partial charge in [-0.1, -0.05) is 11.6 Å². The second-order valence-corrected chi connectivity index (χ2v) is 8.88. The van der Waals surface area contributed by atoms with Crippen molar-refractivity contribution in [2.24, 2.45) is 0 Å². The number of nitrogen functional groups attached to an aromatic ring is 1. The molecule has 0 bridgehead atoms. The zero-order valence-corrected chi connectivity index (χ0v) is 19.2. The number of nitrogens with one attached hydrogen (secondary N) is 1. The van der Waals surface area contributed by atoms with Gasteiger partial charge in [0, 0.05) is 20.9 Å². The number of fused-ring (bicyclic) bond motifs is 1. The van der Waals surface area contributed by atoms with Crippen LogP contribution in [0.25, 0.3) is 28.1 Å². The number of aryl methyl sites for hydroxylation is 1. The molecule has 0 saturated heterocycles. The van der Waals surface area contributed by atoms with E-state index in [4.69, 9.17) is 17.3 Å². The number of anilines is 1. The van der Waals surface area contributed by atoms with Crippen LogP contribution in [0.4, 0.5) is 10.2 Å². The van der Waals surface area contributed by atoms with Gasteiger partial charge in [-0.2, -0.15) is 9.07 Å². The number of imidazole rings is 1. The number of rotatable bonds is 4. The van der Waals surface area contributed by atoms with Crippen molar-refractivity contribution < 1.29 is 19.4 Å². The van der Waals surface area contributed by atoms with E-state index in [0.29, 0.717) is 39.5 Å². The van der Waals surface area contributed by atoms with E-state index in [1.807, 2.05) is 6.07 Å². The van der Waals surface area contributed by atoms with Gasteiger partial charge in [-0.25, -0.2) is 9.97 Å². The molecule has 0 spiro atoms. The maximum absolute atomic E-state index is 14.3. The Bertz CT molecular complexity index is 1620. The number of tetrazole rings is 1. The van der Waals surface area contributed by atoms with Crippen LogP contribution in [-0.2, 0) is 12.0 Å². The van der Waals surface area contributed by atoms with Crippen molar-refractivity contribution in [2.45, 2.75) is 18.4 Å². The average Bonchev–Trinajstić information content (AvgIpc) is 3.60. The lowest BCUT2D eigenvalue weighted by Crippen LogP contribution is -2.44. The van der Waals surface area contributed by atoms with Gasteiger partial charge in [-0.3, -0.25) is 5.21 Å². The van der Waals surface area contributed by atoms with Crippen LogP contribution in [0.2, 0.25) is 5.02 Å². The first kappa shape index (κ1) is 22.1. The molecule has 4 aromatic heterocycles. The molecule has 1 atom stereocenters. The first-order valence-electron chi connectivity index (χ1n) is 10.9. The zero-order valence-electron chi connectivity index (χ0n) is 18.5. The minimum absolute atomic E-state index is 0.0550. The van der Waals surface area contributed by atoms with Gasteiger partial charge >= 0.3 is 0 Å². The molecule has 1 aliphatic rings. The van der Waals surface area contributed by atoms with Crippen molar-refractivity contribution in [2.75, 3.05) is 5.73 Å². The molecule has 13 heteroatoms. The SMILES string of the molecule is Nc1ccc(-c2cnc(C3(O)CCc4cc(-c5cc(Cl)ccc5-n5cnnn5)c[n+](O)c43)[nH]2)c(F)n1. The summed E-state index contributed by atoms with van der Waals surface area (Å²) in [5, 5.41) is 34.5. The first-order chi connectivity index (χ1) is 17.3. The van der Waals surface area contributed by atoms with Gasteiger partial charge in [0.15, 0.2) is 0 Å². The number of nitrogens with two attached hydrogens (primary N) is 1. The highest BCUT2D eigenvalue weighted by Gasteiger charge is 2.50. The maximum Gasteiger partial charge on any atom is 0.276 e. The summed E-state index contributed by atoms with van der Waals surface area (Å²) in [5.41, 5.74) is 7.33. The van der Waals surface area contributed by atoms with E-state index in [1.54, 1.807) is 18.2 Å². The largest absolute Gasteiger partial charge is 0.384 e. The van der Waals surface area contributed by atoms with Gasteiger partial charge < -0.3 is 15.8 Å². The Morgan fingerprint density at radius 2 is 2.06 bits per heavy atom. The van der Waals surface area contributed by atoms with E-state index in [1.165, 1.54) is 35.5 Å². The summed E-state index contributed by atoms with van der Waals surface area (Å²) in [6.07, 6.45) is 5.04. The van der Waals surface area contributed by atoms with Crippen molar-refractivity contribution in [3.05, 3.63) is 83.2 Å². The van der Waals surface area contributed by atoms with Gasteiger partial charge in [-0.15, -0.1) is 5.10 Å². The molecular formula is C23H18ClFN9O2+. The molecule has 1 unspecified atom stereocenters. The monoisotopic (exact) mass is 506 g/mol. The fourth-order valence-electron chi connectivity index (χ4n) is 4.62. The van der Waals surface area contributed by atoms with Gasteiger partial charge in [-0.05, 0) is 59.7 Å². The molecule has 1 aromatic carbocycles. The summed E-state index contributed by atoms with van der Waals surface area (Å²) >= 11 is 6.26. The highest BCUT2D eigenvalue weighted by molar-refractivity contribution is 6.31. The molecule has 0 fully saturated rings. The lowest BCUT2D eigenvalue weighted by molar-refractivity contribution is -0.912. The number of aromatic amines is 1. The lowest BCUT2D eigenvalue weighted by atomic mass is 9.98. The van der Waals surface area contributed by atoms with Crippen LogP contribution in [0.15, 0.2) is 55.1 Å². The molecule has 0 radical (unpaired) electrons. The van der Waals surface area contributed by atoms with E-state index in [2.05, 4.69) is 30.5 Å². The summed E-state index contributed by atoms with van der Waals surface area (Å²) in [7, 11) is 0. The fourth-order valence-corrected chi connectivity index (χ4v) is 4.79. The molecule has 0 amide bonds. The predicted octanol–water partition coefficient (Wildman–Crippen LogP) is 2.20. The first-order valence-corrected chi connectivity index (χ1v) is 11.2. The molecule has 11 nitrogen and oxygen atoms in total. The number of hydrogen-bond acceptors (Lipinski definition) is 8. The molecule has 0 aliphatic heterocycles. The third kappa shape index (κ3) is 3.46. The Morgan fingerprint density at radius 1 is 1.19 bits per heavy atom. The Hall–Kier alpha value is -4.42. The van der Waals surface area contributed by atoms with Gasteiger partial charge in [0.05, 0.1) is 28.7 Å². The van der Waals surface area contributed by atoms with Crippen LogP contribution in [0.1, 0.15) is 23.5 Å². The van der Waals surface area contributed by atoms with Crippen LogP contribution in [-0.4, -0.2) is 45.5 Å². The Morgan fingerprint density at radius 3 is 2.83 bits per heavy atom. The second-order valence-electron chi connectivity index (χ2n) is 8.44. The molecule has 5 N–H and O–H groups in total. The number of aliphatic hydroxyl groups is 1. The van der Waals surface area contributed by atoms with E-state index >= 15 is 0 Å². The van der Waals surface area contributed by atoms with Crippen LogP contribution < -0.4 is 10.5 Å². The topological polar surface area (TPSA) is 156 Å². The van der Waals surface area contributed by atoms with Crippen LogP contribution in [0.3, 0.4) is 0 Å². The van der Waals surface area contributed by atoms with E-state index < -0.39 is 11.5 Å². The van der Waals surface area contributed by atoms with Crippen LogP contribution in [0, 0.1) is 5.95 Å². The number of nitrogens with zero attached hydrogens (tertiary/aromatic N) is 7. The molecular weight excluding hydrogens is 489 g/mol. The Kier molecular flexibility index (Phi) is 4.95. The summed E-state index contributed by atoms with van der Waals surface area (Å²) in [6, 6.07) is 10.1. The molecule has 4 heterocycles. The average molecular weight is 507 g/mol. The minimum atomic E-state index is -1.63. The van der Waals surface area contributed by atoms with Gasteiger partial charge in [0.1, 0.15) is 18.0 Å². The van der Waals surface area contributed by atoms with E-state index in [9.17, 15) is 14.7 Å². The molecule has 1 aliphatic carbocycles. The molecule has 36 heavy (non-hydrogen) atoms. The second kappa shape index (κ2) is 8.07. The number of H-pyrrole nitrogens is 1. The predicted molar refractivity (Wildman–Crippen MR) is 124 cm³/mol. The third-order valence-electron chi connectivity index (χ3n) is 6.27. The zero-order chi connectivity index (χ0) is 25.0. The summed E-state index contributed by atoms with van der Waals surface area (Å²) in [4.78, 5) is 10.9. The fraction of sp³-hybridized carbons (Fsp3) is 0.130. The summed E-state index contributed by atoms with van der Waals surface area (Å²) in [5.74, 6) is -0.537. The minimum Gasteiger partial charge on any atom is -0.384 e. The van der Waals surface area contributed by atoms with Crippen LogP contribution >= 0.6 is 11.6 Å². The number of halogens is 2. The third-order valence-corrected chi connectivity index (χ3v) is 6.50. The van der Waals surface area contributed by atoms with Gasteiger partial charge in [0.25, 0.3) is 5.69 Å². The van der Waals surface area contributed by atoms with Crippen molar-refractivity contribution >= 4 is 17.4 Å². The molecule has 0 saturated carbocycles. The highest BCUT2D eigenvalue weighted by atomic mass is 35.5. The molecule has 180 valence electrons. The normalized spacial score (nSPS) is 16.9. The lowest BCUT2D eigenvalue weighted by Gasteiger charge is -2.17. The summed E-state index contributed by atoms with van der Waals surface area (Å²) in [6.45, 7) is 0. The van der Waals surface area contributed by atoms with Crippen molar-refractivity contribution in [3.8, 4) is 28.1 Å². The van der Waals surface area contributed by atoms with Crippen LogP contribution in [0.5, 0.6) is 0 Å². The number of pyridine rings is 2. The number of benzene rings is 1. The Labute approximate surface area is 207 Å². The van der Waals surface area contributed by atoms with Gasteiger partial charge in [0.2, 0.25) is 17.7 Å². The number of aromatic nitrogens is 8.